The van der Waals surface area contributed by atoms with E-state index in [-0.39, 0.29) is 11.1 Å². The minimum Gasteiger partial charge on any atom is -0.491 e. The Hall–Kier alpha value is -2.86. The maximum atomic E-state index is 11.1. The molecule has 132 valence electrons. The van der Waals surface area contributed by atoms with E-state index in [2.05, 4.69) is 0 Å². The van der Waals surface area contributed by atoms with Gasteiger partial charge in [0.15, 0.2) is 0 Å². The van der Waals surface area contributed by atoms with E-state index in [4.69, 9.17) is 19.7 Å². The number of carboxylic acids is 2. The molecule has 0 fully saturated rings. The van der Waals surface area contributed by atoms with Gasteiger partial charge in [0.05, 0.1) is 17.7 Å². The molecule has 0 saturated heterocycles. The summed E-state index contributed by atoms with van der Waals surface area (Å²) in [5.74, 6) is -1.52. The van der Waals surface area contributed by atoms with Crippen LogP contribution in [0.2, 0.25) is 0 Å². The van der Waals surface area contributed by atoms with Gasteiger partial charge in [-0.3, -0.25) is 0 Å². The highest BCUT2D eigenvalue weighted by molar-refractivity contribution is 5.94. The number of methoxy groups -OCH3 is 1. The molecule has 6 heteroatoms. The number of aryl methyl sites for hydroxylation is 2. The molecule has 25 heavy (non-hydrogen) atoms. The van der Waals surface area contributed by atoms with Crippen LogP contribution in [0.4, 0.5) is 0 Å². The van der Waals surface area contributed by atoms with Crippen LogP contribution in [0, 0.1) is 0 Å². The molecule has 2 N–H and O–H groups in total. The quantitative estimate of drug-likeness (QED) is 0.680. The van der Waals surface area contributed by atoms with E-state index in [9.17, 15) is 9.59 Å². The fourth-order valence-electron chi connectivity index (χ4n) is 2.37. The van der Waals surface area contributed by atoms with Gasteiger partial charge in [0.1, 0.15) is 12.4 Å². The van der Waals surface area contributed by atoms with Crippen LogP contribution in [0.3, 0.4) is 0 Å². The summed E-state index contributed by atoms with van der Waals surface area (Å²) in [6.45, 7) is 1.00. The van der Waals surface area contributed by atoms with Crippen LogP contribution in [0.1, 0.15) is 31.8 Å². The van der Waals surface area contributed by atoms with Gasteiger partial charge in [-0.1, -0.05) is 12.1 Å². The predicted octanol–water partition coefficient (Wildman–Crippen LogP) is 2.89. The fourth-order valence-corrected chi connectivity index (χ4v) is 2.37. The second-order valence-electron chi connectivity index (χ2n) is 5.51. The van der Waals surface area contributed by atoms with Crippen molar-refractivity contribution in [1.82, 2.24) is 0 Å². The summed E-state index contributed by atoms with van der Waals surface area (Å²) in [4.78, 5) is 22.3. The molecule has 0 aliphatic heterocycles. The summed E-state index contributed by atoms with van der Waals surface area (Å²) in [6, 6.07) is 11.8. The average molecular weight is 344 g/mol. The van der Waals surface area contributed by atoms with Gasteiger partial charge < -0.3 is 19.7 Å². The first-order valence-corrected chi connectivity index (χ1v) is 7.81. The van der Waals surface area contributed by atoms with E-state index in [1.807, 2.05) is 24.3 Å². The molecule has 2 rings (SSSR count). The summed E-state index contributed by atoms with van der Waals surface area (Å²) in [5, 5.41) is 18.2. The first-order chi connectivity index (χ1) is 12.0. The van der Waals surface area contributed by atoms with Crippen molar-refractivity contribution in [3.05, 3.63) is 64.7 Å². The van der Waals surface area contributed by atoms with Crippen LogP contribution < -0.4 is 4.74 Å². The number of ether oxygens (including phenoxy) is 2. The van der Waals surface area contributed by atoms with Crippen LogP contribution in [-0.2, 0) is 17.6 Å². The molecule has 6 nitrogen and oxygen atoms in total. The number of hydrogen-bond acceptors (Lipinski definition) is 4. The van der Waals surface area contributed by atoms with Crippen molar-refractivity contribution in [3.8, 4) is 5.75 Å². The molecule has 0 aliphatic rings. The van der Waals surface area contributed by atoms with Gasteiger partial charge in [0, 0.05) is 7.11 Å². The molecule has 0 atom stereocenters. The lowest BCUT2D eigenvalue weighted by molar-refractivity contribution is 0.0696. The molecule has 0 saturated carbocycles. The molecule has 0 aromatic heterocycles. The predicted molar refractivity (Wildman–Crippen MR) is 91.6 cm³/mol. The van der Waals surface area contributed by atoms with Gasteiger partial charge >= 0.3 is 11.9 Å². The topological polar surface area (TPSA) is 93.1 Å². The van der Waals surface area contributed by atoms with Crippen LogP contribution in [0.15, 0.2) is 42.5 Å². The molecular weight excluding hydrogens is 324 g/mol. The summed E-state index contributed by atoms with van der Waals surface area (Å²) in [7, 11) is 1.61. The van der Waals surface area contributed by atoms with Crippen LogP contribution in [-0.4, -0.2) is 42.5 Å². The van der Waals surface area contributed by atoms with Crippen LogP contribution >= 0.6 is 0 Å². The number of aromatic carboxylic acids is 2. The third kappa shape index (κ3) is 5.61. The molecule has 0 amide bonds. The number of hydrogen-bond donors (Lipinski definition) is 2. The first kappa shape index (κ1) is 18.5. The third-order valence-corrected chi connectivity index (χ3v) is 3.67. The maximum absolute atomic E-state index is 11.1. The zero-order chi connectivity index (χ0) is 18.2. The van der Waals surface area contributed by atoms with Crippen molar-refractivity contribution >= 4 is 11.9 Å². The molecule has 0 bridgehead atoms. The van der Waals surface area contributed by atoms with Crippen LogP contribution in [0.5, 0.6) is 5.75 Å². The van der Waals surface area contributed by atoms with Crippen molar-refractivity contribution < 1.29 is 29.3 Å². The molecule has 0 heterocycles. The first-order valence-electron chi connectivity index (χ1n) is 7.81. The molecular formula is C19H20O6. The Morgan fingerprint density at radius 3 is 1.92 bits per heavy atom. The van der Waals surface area contributed by atoms with Crippen molar-refractivity contribution in [2.24, 2.45) is 0 Å². The molecule has 0 unspecified atom stereocenters. The minimum absolute atomic E-state index is 0.0169. The SMILES string of the molecule is COCCOc1ccc(CCc2cc(C(=O)O)cc(C(=O)O)c2)cc1. The standard InChI is InChI=1S/C19H20O6/c1-24-8-9-25-17-6-4-13(5-7-17)2-3-14-10-15(18(20)21)12-16(11-14)19(22)23/h4-7,10-12H,2-3,8-9H2,1H3,(H,20,21)(H,22,23). The highest BCUT2D eigenvalue weighted by atomic mass is 16.5. The van der Waals surface area contributed by atoms with Gasteiger partial charge in [-0.25, -0.2) is 9.59 Å². The molecule has 2 aromatic rings. The van der Waals surface area contributed by atoms with E-state index in [1.54, 1.807) is 7.11 Å². The Bertz CT molecular complexity index is 704. The van der Waals surface area contributed by atoms with Crippen molar-refractivity contribution in [2.45, 2.75) is 12.8 Å². The third-order valence-electron chi connectivity index (χ3n) is 3.67. The van der Waals surface area contributed by atoms with Gasteiger partial charge in [0.25, 0.3) is 0 Å². The monoisotopic (exact) mass is 344 g/mol. The van der Waals surface area contributed by atoms with E-state index in [1.165, 1.54) is 18.2 Å². The Balaban J connectivity index is 2.03. The number of carbonyl (C=O) groups is 2. The van der Waals surface area contributed by atoms with Crippen molar-refractivity contribution in [1.29, 1.82) is 0 Å². The van der Waals surface area contributed by atoms with E-state index >= 15 is 0 Å². The van der Waals surface area contributed by atoms with E-state index in [0.29, 0.717) is 31.6 Å². The van der Waals surface area contributed by atoms with Gasteiger partial charge in [-0.05, 0) is 54.3 Å². The lowest BCUT2D eigenvalue weighted by atomic mass is 9.99. The highest BCUT2D eigenvalue weighted by Gasteiger charge is 2.11. The lowest BCUT2D eigenvalue weighted by Gasteiger charge is -2.08. The molecule has 0 radical (unpaired) electrons. The summed E-state index contributed by atoms with van der Waals surface area (Å²) in [5.41, 5.74) is 1.70. The van der Waals surface area contributed by atoms with Gasteiger partial charge in [0.2, 0.25) is 0 Å². The van der Waals surface area contributed by atoms with E-state index < -0.39 is 11.9 Å². The Morgan fingerprint density at radius 2 is 1.40 bits per heavy atom. The van der Waals surface area contributed by atoms with Crippen molar-refractivity contribution in [2.75, 3.05) is 20.3 Å². The normalized spacial score (nSPS) is 10.4. The second-order valence-corrected chi connectivity index (χ2v) is 5.51. The van der Waals surface area contributed by atoms with E-state index in [0.717, 1.165) is 11.3 Å². The minimum atomic E-state index is -1.14. The Labute approximate surface area is 145 Å². The fraction of sp³-hybridized carbons (Fsp3) is 0.263. The lowest BCUT2D eigenvalue weighted by Crippen LogP contribution is -2.05. The van der Waals surface area contributed by atoms with Gasteiger partial charge in [-0.2, -0.15) is 0 Å². The highest BCUT2D eigenvalue weighted by Crippen LogP contribution is 2.16. The molecule has 0 spiro atoms. The Morgan fingerprint density at radius 1 is 0.840 bits per heavy atom. The smallest absolute Gasteiger partial charge is 0.335 e. The zero-order valence-corrected chi connectivity index (χ0v) is 13.9. The largest absolute Gasteiger partial charge is 0.491 e. The maximum Gasteiger partial charge on any atom is 0.335 e. The molecule has 2 aromatic carbocycles. The summed E-state index contributed by atoms with van der Waals surface area (Å²) >= 11 is 0. The van der Waals surface area contributed by atoms with Crippen molar-refractivity contribution in [3.63, 3.8) is 0 Å². The zero-order valence-electron chi connectivity index (χ0n) is 13.9. The summed E-state index contributed by atoms with van der Waals surface area (Å²) in [6.07, 6.45) is 1.21. The Kier molecular flexibility index (Phi) is 6.54. The number of rotatable bonds is 9. The average Bonchev–Trinajstić information content (AvgIpc) is 2.61. The molecule has 0 aliphatic carbocycles. The summed E-state index contributed by atoms with van der Waals surface area (Å²) < 4.78 is 10.4. The number of benzene rings is 2. The second kappa shape index (κ2) is 8.84. The van der Waals surface area contributed by atoms with Gasteiger partial charge in [-0.15, -0.1) is 0 Å². The van der Waals surface area contributed by atoms with Crippen LogP contribution in [0.25, 0.3) is 0 Å². The number of carboxylic acid groups (broad SMARTS) is 2.